The van der Waals surface area contributed by atoms with Crippen LogP contribution in [-0.2, 0) is 16.6 Å². The van der Waals surface area contributed by atoms with E-state index in [2.05, 4.69) is 0 Å². The molecule has 0 spiro atoms. The lowest BCUT2D eigenvalue weighted by Gasteiger charge is -2.06. The third-order valence-electron chi connectivity index (χ3n) is 2.47. The predicted octanol–water partition coefficient (Wildman–Crippen LogP) is 3.37. The van der Waals surface area contributed by atoms with Gasteiger partial charge in [-0.2, -0.15) is 0 Å². The standard InChI is InChI=1S/C13H11ClFNOS/c14-10-2-1-9(13(16)7-10)8-18(17)12-5-3-11(15)4-6-12/h1-7H,8,16H2. The van der Waals surface area contributed by atoms with E-state index in [0.717, 1.165) is 5.56 Å². The lowest BCUT2D eigenvalue weighted by Crippen LogP contribution is -2.00. The van der Waals surface area contributed by atoms with Crippen LogP contribution in [0.5, 0.6) is 0 Å². The number of hydrogen-bond donors (Lipinski definition) is 1. The fourth-order valence-corrected chi connectivity index (χ4v) is 2.84. The maximum Gasteiger partial charge on any atom is 0.123 e. The Kier molecular flexibility index (Phi) is 3.99. The summed E-state index contributed by atoms with van der Waals surface area (Å²) >= 11 is 5.79. The van der Waals surface area contributed by atoms with Crippen molar-refractivity contribution in [3.63, 3.8) is 0 Å². The first-order chi connectivity index (χ1) is 8.56. The molecule has 2 aromatic carbocycles. The van der Waals surface area contributed by atoms with Crippen LogP contribution in [0.1, 0.15) is 5.56 Å². The monoisotopic (exact) mass is 283 g/mol. The van der Waals surface area contributed by atoms with Crippen LogP contribution in [0.2, 0.25) is 5.02 Å². The van der Waals surface area contributed by atoms with Gasteiger partial charge in [0.1, 0.15) is 5.82 Å². The van der Waals surface area contributed by atoms with Gasteiger partial charge in [-0.25, -0.2) is 4.39 Å². The van der Waals surface area contributed by atoms with Gasteiger partial charge in [0.05, 0.1) is 16.6 Å². The molecule has 0 radical (unpaired) electrons. The minimum absolute atomic E-state index is 0.286. The lowest BCUT2D eigenvalue weighted by atomic mass is 10.2. The Bertz CT molecular complexity index is 586. The van der Waals surface area contributed by atoms with Crippen LogP contribution in [0, 0.1) is 5.82 Å². The SMILES string of the molecule is Nc1cc(Cl)ccc1CS(=O)c1ccc(F)cc1. The third-order valence-corrected chi connectivity index (χ3v) is 4.08. The van der Waals surface area contributed by atoms with E-state index in [1.807, 2.05) is 0 Å². The van der Waals surface area contributed by atoms with E-state index in [-0.39, 0.29) is 11.6 Å². The van der Waals surface area contributed by atoms with Gasteiger partial charge in [0, 0.05) is 15.6 Å². The summed E-state index contributed by atoms with van der Waals surface area (Å²) in [6, 6.07) is 10.7. The number of nitrogen functional groups attached to an aromatic ring is 1. The fraction of sp³-hybridized carbons (Fsp3) is 0.0769. The van der Waals surface area contributed by atoms with Crippen molar-refractivity contribution >= 4 is 28.1 Å². The normalized spacial score (nSPS) is 12.3. The summed E-state index contributed by atoms with van der Waals surface area (Å²) in [5, 5.41) is 0.545. The number of anilines is 1. The van der Waals surface area contributed by atoms with Crippen LogP contribution in [0.25, 0.3) is 0 Å². The summed E-state index contributed by atoms with van der Waals surface area (Å²) in [5.74, 6) is -0.0593. The molecule has 5 heteroatoms. The second-order valence-electron chi connectivity index (χ2n) is 3.79. The highest BCUT2D eigenvalue weighted by atomic mass is 35.5. The summed E-state index contributed by atoms with van der Waals surface area (Å²) in [5.41, 5.74) is 7.07. The zero-order chi connectivity index (χ0) is 13.1. The van der Waals surface area contributed by atoms with Crippen molar-refractivity contribution in [2.45, 2.75) is 10.6 Å². The molecule has 0 aliphatic heterocycles. The first kappa shape index (κ1) is 13.1. The van der Waals surface area contributed by atoms with Gasteiger partial charge in [-0.3, -0.25) is 4.21 Å². The number of rotatable bonds is 3. The van der Waals surface area contributed by atoms with Gasteiger partial charge in [-0.15, -0.1) is 0 Å². The van der Waals surface area contributed by atoms with E-state index >= 15 is 0 Å². The first-order valence-corrected chi connectivity index (χ1v) is 6.94. The summed E-state index contributed by atoms with van der Waals surface area (Å²) in [6.07, 6.45) is 0. The van der Waals surface area contributed by atoms with Crippen LogP contribution in [0.3, 0.4) is 0 Å². The molecule has 0 aliphatic carbocycles. The van der Waals surface area contributed by atoms with Gasteiger partial charge in [0.15, 0.2) is 0 Å². The number of benzene rings is 2. The van der Waals surface area contributed by atoms with Crippen molar-refractivity contribution in [2.75, 3.05) is 5.73 Å². The first-order valence-electron chi connectivity index (χ1n) is 5.24. The summed E-state index contributed by atoms with van der Waals surface area (Å²) in [7, 11) is -1.25. The second kappa shape index (κ2) is 5.50. The van der Waals surface area contributed by atoms with Gasteiger partial charge >= 0.3 is 0 Å². The Morgan fingerprint density at radius 2 is 1.83 bits per heavy atom. The van der Waals surface area contributed by atoms with Gasteiger partial charge < -0.3 is 5.73 Å². The van der Waals surface area contributed by atoms with Crippen molar-refractivity contribution in [3.8, 4) is 0 Å². The molecule has 2 nitrogen and oxygen atoms in total. The maximum atomic E-state index is 12.8. The van der Waals surface area contributed by atoms with Crippen LogP contribution >= 0.6 is 11.6 Å². The van der Waals surface area contributed by atoms with Gasteiger partial charge in [-0.1, -0.05) is 17.7 Å². The zero-order valence-electron chi connectivity index (χ0n) is 9.40. The molecular weight excluding hydrogens is 273 g/mol. The molecule has 0 fully saturated rings. The Hall–Kier alpha value is -1.39. The average Bonchev–Trinajstić information content (AvgIpc) is 2.33. The molecule has 94 valence electrons. The molecule has 0 saturated heterocycles. The van der Waals surface area contributed by atoms with Gasteiger partial charge in [0.2, 0.25) is 0 Å². The highest BCUT2D eigenvalue weighted by Gasteiger charge is 2.08. The van der Waals surface area contributed by atoms with Crippen molar-refractivity contribution in [1.29, 1.82) is 0 Å². The maximum absolute atomic E-state index is 12.8. The van der Waals surface area contributed by atoms with Crippen molar-refractivity contribution < 1.29 is 8.60 Å². The molecule has 2 aromatic rings. The highest BCUT2D eigenvalue weighted by molar-refractivity contribution is 7.84. The van der Waals surface area contributed by atoms with E-state index in [9.17, 15) is 8.60 Å². The number of nitrogens with two attached hydrogens (primary N) is 1. The minimum Gasteiger partial charge on any atom is -0.398 e. The second-order valence-corrected chi connectivity index (χ2v) is 5.67. The van der Waals surface area contributed by atoms with Crippen molar-refractivity contribution in [2.24, 2.45) is 0 Å². The minimum atomic E-state index is -1.25. The predicted molar refractivity (Wildman–Crippen MR) is 72.4 cm³/mol. The molecule has 0 saturated carbocycles. The van der Waals surface area contributed by atoms with Crippen LogP contribution in [0.4, 0.5) is 10.1 Å². The van der Waals surface area contributed by atoms with Crippen molar-refractivity contribution in [3.05, 3.63) is 58.9 Å². The third kappa shape index (κ3) is 3.09. The largest absolute Gasteiger partial charge is 0.398 e. The molecule has 0 aliphatic rings. The molecule has 0 bridgehead atoms. The highest BCUT2D eigenvalue weighted by Crippen LogP contribution is 2.21. The molecule has 18 heavy (non-hydrogen) atoms. The smallest absolute Gasteiger partial charge is 0.123 e. The fourth-order valence-electron chi connectivity index (χ4n) is 1.51. The molecule has 2 N–H and O–H groups in total. The van der Waals surface area contributed by atoms with Crippen LogP contribution in [-0.4, -0.2) is 4.21 Å². The molecular formula is C13H11ClFNOS. The van der Waals surface area contributed by atoms with Gasteiger partial charge in [0.25, 0.3) is 0 Å². The Balaban J connectivity index is 2.18. The number of hydrogen-bond acceptors (Lipinski definition) is 2. The summed E-state index contributed by atoms with van der Waals surface area (Å²) in [4.78, 5) is 0.575. The molecule has 0 aromatic heterocycles. The number of halogens is 2. The summed E-state index contributed by atoms with van der Waals surface area (Å²) in [6.45, 7) is 0. The topological polar surface area (TPSA) is 43.1 Å². The van der Waals surface area contributed by atoms with E-state index in [1.165, 1.54) is 24.3 Å². The molecule has 2 rings (SSSR count). The van der Waals surface area contributed by atoms with E-state index in [0.29, 0.717) is 15.6 Å². The molecule has 0 heterocycles. The van der Waals surface area contributed by atoms with Crippen LogP contribution < -0.4 is 5.73 Å². The Morgan fingerprint density at radius 1 is 1.17 bits per heavy atom. The molecule has 1 atom stereocenters. The Morgan fingerprint density at radius 3 is 2.44 bits per heavy atom. The van der Waals surface area contributed by atoms with Crippen LogP contribution in [0.15, 0.2) is 47.4 Å². The van der Waals surface area contributed by atoms with Gasteiger partial charge in [-0.05, 0) is 42.0 Å². The van der Waals surface area contributed by atoms with E-state index in [1.54, 1.807) is 18.2 Å². The molecule has 1 unspecified atom stereocenters. The van der Waals surface area contributed by atoms with E-state index < -0.39 is 10.8 Å². The zero-order valence-corrected chi connectivity index (χ0v) is 11.0. The average molecular weight is 284 g/mol. The van der Waals surface area contributed by atoms with Crippen molar-refractivity contribution in [1.82, 2.24) is 0 Å². The lowest BCUT2D eigenvalue weighted by molar-refractivity contribution is 0.626. The van der Waals surface area contributed by atoms with E-state index in [4.69, 9.17) is 17.3 Å². The Labute approximate surface area is 112 Å². The summed E-state index contributed by atoms with van der Waals surface area (Å²) < 4.78 is 24.8. The quantitative estimate of drug-likeness (QED) is 0.878. The molecule has 0 amide bonds.